The molecule has 0 unspecified atom stereocenters. The van der Waals surface area contributed by atoms with E-state index in [4.69, 9.17) is 59.8 Å². The van der Waals surface area contributed by atoms with E-state index in [2.05, 4.69) is 262 Å². The standard InChI is InChI=1S/C35H25N3.C31H33N3.C29H21N3.C23H17N3/c1-2-25-13-15-30(16-14-25)33-36-34(31-21-17-28(18-22-31)26-9-5-3-6-10-26)38-35(37-33)32-23-19-29(20-24-32)27-11-7-4-8-12-27;1-8-21-9-11-22(12-10-21)27-32-28(23-13-17-25(18-14-23)30(2,3)4)34-29(33-27)24-15-19-26(20-16-24)31(5,6)7;1-2-21-13-15-22(16-14-21)23-17-19-26(20-18-23)29-31-27(24-9-5-3-6-10-24)30-28(32-29)25-11-7-4-8-12-25;1-2-17-13-15-20(16-14-17)23-25-21(18-9-5-3-6-10-18)24-22(26-23)19-11-7-4-8-12-19/h2-24H,1H2;8-20H,1H2,2-7H3;2-20H,1H2;2-16H,1H2. The normalized spacial score (nSPS) is 11.0. The van der Waals surface area contributed by atoms with Gasteiger partial charge in [0.05, 0.1) is 0 Å². The molecule has 4 aromatic heterocycles. The molecule has 0 amide bonds. The monoisotopic (exact) mass is 1680 g/mol. The Hall–Kier alpha value is -16.7. The summed E-state index contributed by atoms with van der Waals surface area (Å²) in [5.74, 6) is 7.92. The van der Waals surface area contributed by atoms with Gasteiger partial charge in [-0.25, -0.2) is 59.8 Å². The first kappa shape index (κ1) is 86.8. The smallest absolute Gasteiger partial charge is 0.164 e. The molecule has 12 heteroatoms. The van der Waals surface area contributed by atoms with Crippen LogP contribution < -0.4 is 0 Å². The van der Waals surface area contributed by atoms with Gasteiger partial charge in [-0.3, -0.25) is 0 Å². The van der Waals surface area contributed by atoms with Crippen molar-refractivity contribution in [2.45, 2.75) is 52.4 Å². The highest BCUT2D eigenvalue weighted by Gasteiger charge is 2.21. The van der Waals surface area contributed by atoms with Gasteiger partial charge in [0.25, 0.3) is 0 Å². The topological polar surface area (TPSA) is 155 Å². The van der Waals surface area contributed by atoms with Gasteiger partial charge in [-0.2, -0.15) is 0 Å². The van der Waals surface area contributed by atoms with Crippen molar-refractivity contribution in [3.05, 3.63) is 460 Å². The summed E-state index contributed by atoms with van der Waals surface area (Å²) in [6, 6.07) is 135. The number of rotatable bonds is 19. The lowest BCUT2D eigenvalue weighted by Crippen LogP contribution is -2.10. The van der Waals surface area contributed by atoms with Crippen molar-refractivity contribution in [2.75, 3.05) is 0 Å². The van der Waals surface area contributed by atoms with Crippen LogP contribution in [0, 0.1) is 0 Å². The van der Waals surface area contributed by atoms with Crippen LogP contribution in [0.25, 0.3) is 194 Å². The maximum Gasteiger partial charge on any atom is 0.164 e. The Morgan fingerprint density at radius 1 is 0.138 bits per heavy atom. The second-order valence-electron chi connectivity index (χ2n) is 33.1. The van der Waals surface area contributed by atoms with Gasteiger partial charge < -0.3 is 0 Å². The van der Waals surface area contributed by atoms with Crippen LogP contribution in [0.4, 0.5) is 0 Å². The third-order valence-electron chi connectivity index (χ3n) is 22.0. The first-order chi connectivity index (χ1) is 63.4. The van der Waals surface area contributed by atoms with Gasteiger partial charge in [-0.05, 0) is 77.6 Å². The van der Waals surface area contributed by atoms with Crippen molar-refractivity contribution >= 4 is 24.3 Å². The highest BCUT2D eigenvalue weighted by atomic mass is 15.1. The van der Waals surface area contributed by atoms with Gasteiger partial charge in [0.2, 0.25) is 0 Å². The summed E-state index contributed by atoms with van der Waals surface area (Å²) in [4.78, 5) is 57.7. The Morgan fingerprint density at radius 3 is 0.392 bits per heavy atom. The first-order valence-electron chi connectivity index (χ1n) is 43.3. The molecule has 0 spiro atoms. The molecule has 4 heterocycles. The van der Waals surface area contributed by atoms with Crippen molar-refractivity contribution in [3.63, 3.8) is 0 Å². The summed E-state index contributed by atoms with van der Waals surface area (Å²) < 4.78 is 0. The molecule has 0 aliphatic carbocycles. The average molecular weight is 1680 g/mol. The molecule has 0 saturated heterocycles. The quantitative estimate of drug-likeness (QED) is 0.0757. The molecule has 0 atom stereocenters. The molecule has 0 bridgehead atoms. The number of hydrogen-bond donors (Lipinski definition) is 0. The summed E-state index contributed by atoms with van der Waals surface area (Å²) in [5, 5.41) is 0. The van der Waals surface area contributed by atoms with E-state index in [1.807, 2.05) is 231 Å². The highest BCUT2D eigenvalue weighted by Crippen LogP contribution is 2.36. The zero-order valence-electron chi connectivity index (χ0n) is 73.6. The molecule has 0 saturated carbocycles. The fraction of sp³-hybridized carbons (Fsp3) is 0.0678. The van der Waals surface area contributed by atoms with Crippen LogP contribution in [0.2, 0.25) is 0 Å². The predicted octanol–water partition coefficient (Wildman–Crippen LogP) is 29.7. The third-order valence-corrected chi connectivity index (χ3v) is 22.0. The van der Waals surface area contributed by atoms with Crippen LogP contribution in [0.3, 0.4) is 0 Å². The number of aromatic nitrogens is 12. The molecule has 19 rings (SSSR count). The lowest BCUT2D eigenvalue weighted by molar-refractivity contribution is 0.590. The molecule has 19 aromatic rings. The number of nitrogens with zero attached hydrogens (tertiary/aromatic N) is 12. The Bertz CT molecular complexity index is 6740. The van der Waals surface area contributed by atoms with Gasteiger partial charge in [0.15, 0.2) is 69.9 Å². The van der Waals surface area contributed by atoms with E-state index < -0.39 is 0 Å². The Kier molecular flexibility index (Phi) is 27.1. The molecule has 0 aliphatic heterocycles. The zero-order chi connectivity index (χ0) is 89.8. The summed E-state index contributed by atoms with van der Waals surface area (Å²) in [5.41, 5.74) is 25.5. The number of benzene rings is 15. The molecule has 130 heavy (non-hydrogen) atoms. The summed E-state index contributed by atoms with van der Waals surface area (Å²) in [6.07, 6.45) is 7.34. The van der Waals surface area contributed by atoms with E-state index in [0.717, 1.165) is 111 Å². The van der Waals surface area contributed by atoms with Gasteiger partial charge in [-0.1, -0.05) is 493 Å². The molecule has 0 fully saturated rings. The van der Waals surface area contributed by atoms with Gasteiger partial charge in [0, 0.05) is 66.8 Å². The molecule has 15 aromatic carbocycles. The first-order valence-corrected chi connectivity index (χ1v) is 43.3. The Morgan fingerprint density at radius 2 is 0.246 bits per heavy atom. The highest BCUT2D eigenvalue weighted by molar-refractivity contribution is 5.77. The van der Waals surface area contributed by atoms with E-state index in [0.29, 0.717) is 69.9 Å². The van der Waals surface area contributed by atoms with Crippen LogP contribution in [-0.2, 0) is 10.8 Å². The number of hydrogen-bond acceptors (Lipinski definition) is 12. The van der Waals surface area contributed by atoms with E-state index in [-0.39, 0.29) is 10.8 Å². The lowest BCUT2D eigenvalue weighted by atomic mass is 9.86. The molecule has 0 radical (unpaired) electrons. The van der Waals surface area contributed by atoms with Crippen molar-refractivity contribution < 1.29 is 0 Å². The second kappa shape index (κ2) is 40.5. The molecular formula is C118H96N12. The van der Waals surface area contributed by atoms with Gasteiger partial charge >= 0.3 is 0 Å². The lowest BCUT2D eigenvalue weighted by Gasteiger charge is -2.19. The molecule has 0 aliphatic rings. The minimum absolute atomic E-state index is 0.0929. The Balaban J connectivity index is 0.000000128. The largest absolute Gasteiger partial charge is 0.208 e. The second-order valence-corrected chi connectivity index (χ2v) is 33.1. The van der Waals surface area contributed by atoms with Crippen molar-refractivity contribution in [1.82, 2.24) is 59.8 Å². The summed E-state index contributed by atoms with van der Waals surface area (Å²) in [7, 11) is 0. The minimum atomic E-state index is 0.0929. The van der Waals surface area contributed by atoms with Crippen LogP contribution in [0.5, 0.6) is 0 Å². The van der Waals surface area contributed by atoms with E-state index >= 15 is 0 Å². The summed E-state index contributed by atoms with van der Waals surface area (Å²) >= 11 is 0. The minimum Gasteiger partial charge on any atom is -0.208 e. The zero-order valence-corrected chi connectivity index (χ0v) is 73.6. The van der Waals surface area contributed by atoms with E-state index in [1.54, 1.807) is 0 Å². The van der Waals surface area contributed by atoms with Crippen LogP contribution in [-0.4, -0.2) is 59.8 Å². The Labute approximate surface area is 761 Å². The SMILES string of the molecule is C=Cc1ccc(-c2ccc(-c3nc(-c4ccccc4)nc(-c4ccccc4)n3)cc2)cc1.C=Cc1ccc(-c2nc(-c3ccc(-c4ccccc4)cc3)nc(-c3ccc(-c4ccccc4)cc3)n2)cc1.C=Cc1ccc(-c2nc(-c3ccc(C(C)(C)C)cc3)nc(-c3ccc(C(C)(C)C)cc3)n2)cc1.C=Cc1ccc(-c2nc(-c3ccccc3)nc(-c3ccccc3)n2)cc1. The van der Waals surface area contributed by atoms with E-state index in [9.17, 15) is 0 Å². The van der Waals surface area contributed by atoms with Crippen molar-refractivity contribution in [2.24, 2.45) is 0 Å². The maximum atomic E-state index is 4.90. The third kappa shape index (κ3) is 21.8. The van der Waals surface area contributed by atoms with Crippen molar-refractivity contribution in [3.8, 4) is 170 Å². The van der Waals surface area contributed by atoms with Crippen LogP contribution in [0.15, 0.2) is 427 Å². The van der Waals surface area contributed by atoms with Crippen LogP contribution >= 0.6 is 0 Å². The summed E-state index contributed by atoms with van der Waals surface area (Å²) in [6.45, 7) is 28.6. The average Bonchev–Trinajstić information content (AvgIpc) is 0.792. The molecule has 628 valence electrons. The van der Waals surface area contributed by atoms with E-state index in [1.165, 1.54) is 22.3 Å². The maximum absolute atomic E-state index is 4.90. The fourth-order valence-electron chi connectivity index (χ4n) is 14.5. The van der Waals surface area contributed by atoms with Crippen LogP contribution in [0.1, 0.15) is 74.9 Å². The van der Waals surface area contributed by atoms with Crippen molar-refractivity contribution in [1.29, 1.82) is 0 Å². The fourth-order valence-corrected chi connectivity index (χ4v) is 14.5. The predicted molar refractivity (Wildman–Crippen MR) is 539 cm³/mol. The molecule has 12 nitrogen and oxygen atoms in total. The molecule has 0 N–H and O–H groups in total. The van der Waals surface area contributed by atoms with Gasteiger partial charge in [-0.15, -0.1) is 0 Å². The van der Waals surface area contributed by atoms with Gasteiger partial charge in [0.1, 0.15) is 0 Å². The molecular weight excluding hydrogens is 1590 g/mol.